The SMILES string of the molecule is CC1=C(C(C)Br)C(=O)NC1=O. The Bertz CT molecular complexity index is 255. The molecule has 0 saturated carbocycles. The van der Waals surface area contributed by atoms with Crippen LogP contribution in [-0.2, 0) is 9.59 Å². The minimum absolute atomic E-state index is 0.0612. The van der Waals surface area contributed by atoms with Crippen molar-refractivity contribution in [3.05, 3.63) is 11.1 Å². The van der Waals surface area contributed by atoms with Crippen molar-refractivity contribution < 1.29 is 9.59 Å². The van der Waals surface area contributed by atoms with Gasteiger partial charge in [0.15, 0.2) is 0 Å². The third-order valence-corrected chi connectivity index (χ3v) is 2.07. The molecule has 1 aliphatic rings. The van der Waals surface area contributed by atoms with Gasteiger partial charge < -0.3 is 0 Å². The van der Waals surface area contributed by atoms with E-state index in [9.17, 15) is 9.59 Å². The third-order valence-electron chi connectivity index (χ3n) is 1.61. The van der Waals surface area contributed by atoms with E-state index in [0.717, 1.165) is 0 Å². The summed E-state index contributed by atoms with van der Waals surface area (Å²) in [6.45, 7) is 3.46. The van der Waals surface area contributed by atoms with E-state index < -0.39 is 0 Å². The zero-order valence-corrected chi connectivity index (χ0v) is 7.86. The smallest absolute Gasteiger partial charge is 0.255 e. The summed E-state index contributed by atoms with van der Waals surface area (Å²) >= 11 is 3.24. The summed E-state index contributed by atoms with van der Waals surface area (Å²) in [7, 11) is 0. The van der Waals surface area contributed by atoms with Crippen molar-refractivity contribution in [1.82, 2.24) is 5.32 Å². The molecule has 0 aliphatic carbocycles. The number of halogens is 1. The summed E-state index contributed by atoms with van der Waals surface area (Å²) < 4.78 is 0. The molecular formula is C7H8BrNO2. The molecule has 60 valence electrons. The predicted octanol–water partition coefficient (Wildman–Crippen LogP) is 0.743. The molecule has 1 rings (SSSR count). The molecule has 4 heteroatoms. The van der Waals surface area contributed by atoms with E-state index in [1.807, 2.05) is 6.92 Å². The van der Waals surface area contributed by atoms with Crippen LogP contribution >= 0.6 is 15.9 Å². The van der Waals surface area contributed by atoms with Crippen molar-refractivity contribution in [2.24, 2.45) is 0 Å². The van der Waals surface area contributed by atoms with Gasteiger partial charge in [-0.15, -0.1) is 0 Å². The zero-order chi connectivity index (χ0) is 8.59. The van der Waals surface area contributed by atoms with Gasteiger partial charge in [-0.25, -0.2) is 0 Å². The molecule has 0 spiro atoms. The second kappa shape index (κ2) is 2.77. The fourth-order valence-electron chi connectivity index (χ4n) is 1.04. The highest BCUT2D eigenvalue weighted by Gasteiger charge is 2.29. The largest absolute Gasteiger partial charge is 0.289 e. The van der Waals surface area contributed by atoms with Crippen LogP contribution in [0.5, 0.6) is 0 Å². The van der Waals surface area contributed by atoms with E-state index >= 15 is 0 Å². The quantitative estimate of drug-likeness (QED) is 0.521. The molecule has 0 bridgehead atoms. The minimum Gasteiger partial charge on any atom is -0.289 e. The first-order valence-electron chi connectivity index (χ1n) is 3.24. The standard InChI is InChI=1S/C7H8BrNO2/c1-3-5(4(2)8)7(11)9-6(3)10/h4H,1-2H3,(H,9,10,11). The number of nitrogens with one attached hydrogen (secondary N) is 1. The number of rotatable bonds is 1. The lowest BCUT2D eigenvalue weighted by atomic mass is 10.1. The van der Waals surface area contributed by atoms with Crippen LogP contribution in [-0.4, -0.2) is 16.6 Å². The monoisotopic (exact) mass is 217 g/mol. The van der Waals surface area contributed by atoms with Gasteiger partial charge in [0, 0.05) is 16.0 Å². The molecule has 1 aliphatic heterocycles. The van der Waals surface area contributed by atoms with Crippen LogP contribution in [0.4, 0.5) is 0 Å². The molecule has 3 nitrogen and oxygen atoms in total. The second-order valence-electron chi connectivity index (χ2n) is 2.44. The van der Waals surface area contributed by atoms with E-state index in [1.165, 1.54) is 0 Å². The van der Waals surface area contributed by atoms with Crippen LogP contribution in [0.1, 0.15) is 13.8 Å². The Kier molecular flexibility index (Phi) is 2.13. The van der Waals surface area contributed by atoms with Crippen LogP contribution in [0.25, 0.3) is 0 Å². The van der Waals surface area contributed by atoms with E-state index in [0.29, 0.717) is 11.1 Å². The summed E-state index contributed by atoms with van der Waals surface area (Å²) in [6, 6.07) is 0. The Morgan fingerprint density at radius 3 is 2.09 bits per heavy atom. The third kappa shape index (κ3) is 1.35. The fraction of sp³-hybridized carbons (Fsp3) is 0.429. The molecule has 0 saturated heterocycles. The molecule has 2 amide bonds. The molecule has 1 unspecified atom stereocenters. The lowest BCUT2D eigenvalue weighted by Crippen LogP contribution is -2.24. The van der Waals surface area contributed by atoms with Crippen LogP contribution in [0.3, 0.4) is 0 Å². The summed E-state index contributed by atoms with van der Waals surface area (Å²) in [4.78, 5) is 21.8. The number of imide groups is 1. The van der Waals surface area contributed by atoms with Gasteiger partial charge >= 0.3 is 0 Å². The van der Waals surface area contributed by atoms with Crippen molar-refractivity contribution in [1.29, 1.82) is 0 Å². The topological polar surface area (TPSA) is 46.2 Å². The molecule has 11 heavy (non-hydrogen) atoms. The number of amides is 2. The average molecular weight is 218 g/mol. The summed E-state index contributed by atoms with van der Waals surface area (Å²) in [5.74, 6) is -0.562. The van der Waals surface area contributed by atoms with Crippen molar-refractivity contribution in [2.75, 3.05) is 0 Å². The van der Waals surface area contributed by atoms with Gasteiger partial charge in [-0.1, -0.05) is 15.9 Å². The Hall–Kier alpha value is -0.640. The van der Waals surface area contributed by atoms with Gasteiger partial charge in [0.1, 0.15) is 0 Å². The van der Waals surface area contributed by atoms with Crippen molar-refractivity contribution in [3.8, 4) is 0 Å². The average Bonchev–Trinajstić information content (AvgIpc) is 2.07. The number of carbonyl (C=O) groups excluding carboxylic acids is 2. The maximum atomic E-state index is 11.0. The van der Waals surface area contributed by atoms with E-state index in [4.69, 9.17) is 0 Å². The first kappa shape index (κ1) is 8.46. The normalized spacial score (nSPS) is 20.6. The number of hydrogen-bond acceptors (Lipinski definition) is 2. The summed E-state index contributed by atoms with van der Waals surface area (Å²) in [6.07, 6.45) is 0. The van der Waals surface area contributed by atoms with Gasteiger partial charge in [0.05, 0.1) is 0 Å². The van der Waals surface area contributed by atoms with Gasteiger partial charge in [0.25, 0.3) is 11.8 Å². The molecule has 1 atom stereocenters. The molecule has 1 heterocycles. The first-order chi connectivity index (χ1) is 5.04. The van der Waals surface area contributed by atoms with Crippen molar-refractivity contribution >= 4 is 27.7 Å². The van der Waals surface area contributed by atoms with Crippen LogP contribution in [0.15, 0.2) is 11.1 Å². The summed E-state index contributed by atoms with van der Waals surface area (Å²) in [5, 5.41) is 2.22. The van der Waals surface area contributed by atoms with Crippen molar-refractivity contribution in [2.45, 2.75) is 18.7 Å². The number of alkyl halides is 1. The Morgan fingerprint density at radius 2 is 1.91 bits per heavy atom. The van der Waals surface area contributed by atoms with Gasteiger partial charge in [-0.05, 0) is 13.8 Å². The maximum Gasteiger partial charge on any atom is 0.255 e. The Balaban J connectivity index is 3.07. The molecule has 0 fully saturated rings. The molecule has 0 aromatic heterocycles. The molecular weight excluding hydrogens is 210 g/mol. The second-order valence-corrected chi connectivity index (χ2v) is 3.81. The van der Waals surface area contributed by atoms with Gasteiger partial charge in [0.2, 0.25) is 0 Å². The molecule has 0 radical (unpaired) electrons. The number of hydrogen-bond donors (Lipinski definition) is 1. The fourth-order valence-corrected chi connectivity index (χ4v) is 1.59. The van der Waals surface area contributed by atoms with E-state index in [2.05, 4.69) is 21.2 Å². The highest BCUT2D eigenvalue weighted by Crippen LogP contribution is 2.20. The summed E-state index contributed by atoms with van der Waals surface area (Å²) in [5.41, 5.74) is 1.05. The van der Waals surface area contributed by atoms with Crippen LogP contribution in [0, 0.1) is 0 Å². The minimum atomic E-state index is -0.281. The highest BCUT2D eigenvalue weighted by molar-refractivity contribution is 9.09. The zero-order valence-electron chi connectivity index (χ0n) is 6.27. The maximum absolute atomic E-state index is 11.0. The van der Waals surface area contributed by atoms with Gasteiger partial charge in [-0.3, -0.25) is 14.9 Å². The predicted molar refractivity (Wildman–Crippen MR) is 44.2 cm³/mol. The van der Waals surface area contributed by atoms with E-state index in [1.54, 1.807) is 6.92 Å². The van der Waals surface area contributed by atoms with Crippen molar-refractivity contribution in [3.63, 3.8) is 0 Å². The van der Waals surface area contributed by atoms with Gasteiger partial charge in [-0.2, -0.15) is 0 Å². The molecule has 1 N–H and O–H groups in total. The molecule has 0 aromatic rings. The highest BCUT2D eigenvalue weighted by atomic mass is 79.9. The Morgan fingerprint density at radius 1 is 1.36 bits per heavy atom. The lowest BCUT2D eigenvalue weighted by Gasteiger charge is -2.00. The lowest BCUT2D eigenvalue weighted by molar-refractivity contribution is -0.124. The van der Waals surface area contributed by atoms with E-state index in [-0.39, 0.29) is 16.6 Å². The Labute approximate surface area is 73.0 Å². The van der Waals surface area contributed by atoms with Crippen LogP contribution < -0.4 is 5.32 Å². The first-order valence-corrected chi connectivity index (χ1v) is 4.16. The molecule has 0 aromatic carbocycles. The van der Waals surface area contributed by atoms with Crippen LogP contribution in [0.2, 0.25) is 0 Å². The number of carbonyl (C=O) groups is 2.